The zero-order chi connectivity index (χ0) is 20.2. The molecule has 0 aliphatic carbocycles. The molecule has 0 spiro atoms. The molecule has 0 saturated heterocycles. The lowest BCUT2D eigenvalue weighted by molar-refractivity contribution is 0.102. The van der Waals surface area contributed by atoms with Gasteiger partial charge in [-0.15, -0.1) is 5.10 Å². The lowest BCUT2D eigenvalue weighted by atomic mass is 10.1. The van der Waals surface area contributed by atoms with Crippen LogP contribution in [-0.4, -0.2) is 16.1 Å². The summed E-state index contributed by atoms with van der Waals surface area (Å²) in [5, 5.41) is 10.6. The number of aromatic nitrogens is 2. The van der Waals surface area contributed by atoms with Crippen molar-refractivity contribution in [3.8, 4) is 23.0 Å². The quantitative estimate of drug-likeness (QED) is 0.498. The van der Waals surface area contributed by atoms with E-state index < -0.39 is 0 Å². The number of amides is 1. The predicted molar refractivity (Wildman–Crippen MR) is 110 cm³/mol. The van der Waals surface area contributed by atoms with Crippen LogP contribution in [0.4, 0.5) is 6.01 Å². The number of hydrogen-bond acceptors (Lipinski definition) is 5. The van der Waals surface area contributed by atoms with Crippen LogP contribution in [0, 0.1) is 13.8 Å². The predicted octanol–water partition coefficient (Wildman–Crippen LogP) is 5.40. The summed E-state index contributed by atoms with van der Waals surface area (Å²) in [5.41, 5.74) is 3.37. The van der Waals surface area contributed by atoms with Crippen LogP contribution in [0.25, 0.3) is 11.5 Å². The van der Waals surface area contributed by atoms with Crippen molar-refractivity contribution >= 4 is 11.9 Å². The maximum Gasteiger partial charge on any atom is 0.322 e. The number of benzene rings is 3. The standard InChI is InChI=1S/C23H19N3O3/c1-15-11-12-16(2)20(13-15)22-25-26-23(29-22)24-21(27)17-7-6-10-19(14-17)28-18-8-4-3-5-9-18/h3-14H,1-2H3,(H,24,26,27). The van der Waals surface area contributed by atoms with Gasteiger partial charge in [-0.2, -0.15) is 0 Å². The Kier molecular flexibility index (Phi) is 5.07. The van der Waals surface area contributed by atoms with Gasteiger partial charge in [0.1, 0.15) is 11.5 Å². The van der Waals surface area contributed by atoms with Crippen LogP contribution < -0.4 is 10.1 Å². The van der Waals surface area contributed by atoms with Gasteiger partial charge in [0.05, 0.1) is 0 Å². The number of nitrogens with zero attached hydrogens (tertiary/aromatic N) is 2. The fraction of sp³-hybridized carbons (Fsp3) is 0.0870. The second kappa shape index (κ2) is 7.98. The van der Waals surface area contributed by atoms with Crippen LogP contribution in [0.15, 0.2) is 77.2 Å². The van der Waals surface area contributed by atoms with Crippen molar-refractivity contribution in [3.63, 3.8) is 0 Å². The van der Waals surface area contributed by atoms with E-state index in [-0.39, 0.29) is 11.9 Å². The molecule has 0 saturated carbocycles. The smallest absolute Gasteiger partial charge is 0.322 e. The SMILES string of the molecule is Cc1ccc(C)c(-c2nnc(NC(=O)c3cccc(Oc4ccccc4)c3)o2)c1. The largest absolute Gasteiger partial charge is 0.457 e. The van der Waals surface area contributed by atoms with E-state index in [4.69, 9.17) is 9.15 Å². The van der Waals surface area contributed by atoms with Crippen LogP contribution in [0.3, 0.4) is 0 Å². The second-order valence-electron chi connectivity index (χ2n) is 6.63. The van der Waals surface area contributed by atoms with Crippen molar-refractivity contribution in [2.45, 2.75) is 13.8 Å². The highest BCUT2D eigenvalue weighted by atomic mass is 16.5. The first-order valence-corrected chi connectivity index (χ1v) is 9.14. The first kappa shape index (κ1) is 18.4. The highest BCUT2D eigenvalue weighted by Gasteiger charge is 2.15. The van der Waals surface area contributed by atoms with E-state index in [0.717, 1.165) is 16.7 Å². The minimum atomic E-state index is -0.361. The van der Waals surface area contributed by atoms with Crippen molar-refractivity contribution in [1.29, 1.82) is 0 Å². The van der Waals surface area contributed by atoms with E-state index in [1.54, 1.807) is 24.3 Å². The molecule has 0 bridgehead atoms. The molecule has 144 valence electrons. The van der Waals surface area contributed by atoms with Crippen LogP contribution in [0.2, 0.25) is 0 Å². The Balaban J connectivity index is 1.49. The molecule has 6 nitrogen and oxygen atoms in total. The van der Waals surface area contributed by atoms with Crippen molar-refractivity contribution in [2.75, 3.05) is 5.32 Å². The lowest BCUT2D eigenvalue weighted by Gasteiger charge is -2.07. The molecule has 0 atom stereocenters. The normalized spacial score (nSPS) is 10.6. The van der Waals surface area contributed by atoms with Gasteiger partial charge in [-0.05, 0) is 55.8 Å². The molecule has 6 heteroatoms. The van der Waals surface area contributed by atoms with Gasteiger partial charge in [0.2, 0.25) is 5.89 Å². The molecule has 0 radical (unpaired) electrons. The highest BCUT2D eigenvalue weighted by Crippen LogP contribution is 2.25. The van der Waals surface area contributed by atoms with Gasteiger partial charge in [0.15, 0.2) is 0 Å². The van der Waals surface area contributed by atoms with Gasteiger partial charge in [-0.3, -0.25) is 10.1 Å². The van der Waals surface area contributed by atoms with E-state index in [0.29, 0.717) is 23.0 Å². The van der Waals surface area contributed by atoms with E-state index in [1.807, 2.05) is 62.4 Å². The maximum atomic E-state index is 12.6. The third kappa shape index (κ3) is 4.32. The van der Waals surface area contributed by atoms with Gasteiger partial charge < -0.3 is 9.15 Å². The molecule has 4 aromatic rings. The Morgan fingerprint density at radius 1 is 0.897 bits per heavy atom. The number of carbonyl (C=O) groups excluding carboxylic acids is 1. The Hall–Kier alpha value is -3.93. The number of para-hydroxylation sites is 1. The molecule has 0 aliphatic rings. The van der Waals surface area contributed by atoms with Gasteiger partial charge >= 0.3 is 6.01 Å². The Morgan fingerprint density at radius 3 is 2.52 bits per heavy atom. The molecular formula is C23H19N3O3. The van der Waals surface area contributed by atoms with Crippen LogP contribution >= 0.6 is 0 Å². The highest BCUT2D eigenvalue weighted by molar-refractivity contribution is 6.03. The van der Waals surface area contributed by atoms with Gasteiger partial charge in [-0.1, -0.05) is 47.1 Å². The minimum absolute atomic E-state index is 0.0419. The molecule has 1 N–H and O–H groups in total. The van der Waals surface area contributed by atoms with Gasteiger partial charge in [0, 0.05) is 11.1 Å². The maximum absolute atomic E-state index is 12.6. The van der Waals surface area contributed by atoms with E-state index in [2.05, 4.69) is 15.5 Å². The molecular weight excluding hydrogens is 366 g/mol. The zero-order valence-electron chi connectivity index (χ0n) is 16.0. The number of anilines is 1. The molecule has 0 aliphatic heterocycles. The Morgan fingerprint density at radius 2 is 1.69 bits per heavy atom. The molecule has 3 aromatic carbocycles. The summed E-state index contributed by atoms with van der Waals surface area (Å²) in [6.45, 7) is 3.96. The second-order valence-corrected chi connectivity index (χ2v) is 6.63. The van der Waals surface area contributed by atoms with E-state index in [1.165, 1.54) is 0 Å². The summed E-state index contributed by atoms with van der Waals surface area (Å²) in [4.78, 5) is 12.6. The average molecular weight is 385 g/mol. The molecule has 1 amide bonds. The third-order valence-electron chi connectivity index (χ3n) is 4.34. The number of carbonyl (C=O) groups is 1. The molecule has 0 fully saturated rings. The minimum Gasteiger partial charge on any atom is -0.457 e. The summed E-state index contributed by atoms with van der Waals surface area (Å²) in [6.07, 6.45) is 0. The average Bonchev–Trinajstić information content (AvgIpc) is 3.19. The Bertz CT molecular complexity index is 1150. The van der Waals surface area contributed by atoms with Crippen molar-refractivity contribution < 1.29 is 13.9 Å². The fourth-order valence-electron chi connectivity index (χ4n) is 2.84. The van der Waals surface area contributed by atoms with Gasteiger partial charge in [-0.25, -0.2) is 0 Å². The topological polar surface area (TPSA) is 77.2 Å². The van der Waals surface area contributed by atoms with Crippen LogP contribution in [0.5, 0.6) is 11.5 Å². The summed E-state index contributed by atoms with van der Waals surface area (Å²) < 4.78 is 11.4. The number of rotatable bonds is 5. The Labute approximate surface area is 168 Å². The van der Waals surface area contributed by atoms with Crippen molar-refractivity contribution in [1.82, 2.24) is 10.2 Å². The number of ether oxygens (including phenoxy) is 1. The van der Waals surface area contributed by atoms with Gasteiger partial charge in [0.25, 0.3) is 5.91 Å². The van der Waals surface area contributed by atoms with Crippen molar-refractivity contribution in [2.24, 2.45) is 0 Å². The van der Waals surface area contributed by atoms with Crippen LogP contribution in [-0.2, 0) is 0 Å². The first-order valence-electron chi connectivity index (χ1n) is 9.14. The van der Waals surface area contributed by atoms with Crippen LogP contribution in [0.1, 0.15) is 21.5 Å². The lowest BCUT2D eigenvalue weighted by Crippen LogP contribution is -2.12. The molecule has 29 heavy (non-hydrogen) atoms. The number of hydrogen-bond donors (Lipinski definition) is 1. The number of aryl methyl sites for hydroxylation is 2. The van der Waals surface area contributed by atoms with Crippen molar-refractivity contribution in [3.05, 3.63) is 89.5 Å². The monoisotopic (exact) mass is 385 g/mol. The molecule has 1 heterocycles. The third-order valence-corrected chi connectivity index (χ3v) is 4.34. The van der Waals surface area contributed by atoms with E-state index >= 15 is 0 Å². The molecule has 0 unspecified atom stereocenters. The zero-order valence-corrected chi connectivity index (χ0v) is 16.0. The summed E-state index contributed by atoms with van der Waals surface area (Å²) >= 11 is 0. The summed E-state index contributed by atoms with van der Waals surface area (Å²) in [6, 6.07) is 22.3. The molecule has 4 rings (SSSR count). The number of nitrogens with one attached hydrogen (secondary N) is 1. The summed E-state index contributed by atoms with van der Waals surface area (Å²) in [7, 11) is 0. The first-order chi connectivity index (χ1) is 14.1. The van der Waals surface area contributed by atoms with E-state index in [9.17, 15) is 4.79 Å². The molecule has 1 aromatic heterocycles. The summed E-state index contributed by atoms with van der Waals surface area (Å²) in [5.74, 6) is 1.26. The fourth-order valence-corrected chi connectivity index (χ4v) is 2.84.